The number of carbonyl (C=O) groups is 2. The van der Waals surface area contributed by atoms with Gasteiger partial charge in [0.15, 0.2) is 0 Å². The average Bonchev–Trinajstić information content (AvgIpc) is 3.83. The fraction of sp³-hybridized carbons (Fsp3) is 0.316. The molecule has 2 aliphatic carbocycles. The first-order valence-corrected chi connectivity index (χ1v) is 19.1. The normalized spacial score (nSPS) is 20.5. The van der Waals surface area contributed by atoms with Crippen LogP contribution in [-0.2, 0) is 0 Å². The van der Waals surface area contributed by atoms with Crippen molar-refractivity contribution in [3.05, 3.63) is 96.1 Å². The molecule has 2 aromatic heterocycles. The van der Waals surface area contributed by atoms with Gasteiger partial charge in [-0.2, -0.15) is 27.5 Å². The number of aromatic nitrogens is 4. The molecule has 0 radical (unpaired) electrons. The summed E-state index contributed by atoms with van der Waals surface area (Å²) in [5.74, 6) is 1.54. The number of hydrazine groups is 1. The molecule has 0 saturated heterocycles. The molecule has 2 unspecified atom stereocenters. The molecule has 10 rings (SSSR count). The molecule has 4 amide bonds. The van der Waals surface area contributed by atoms with Crippen molar-refractivity contribution in [2.75, 3.05) is 10.0 Å². The van der Waals surface area contributed by atoms with Crippen molar-refractivity contribution in [1.29, 1.82) is 0 Å². The van der Waals surface area contributed by atoms with Crippen molar-refractivity contribution in [3.8, 4) is 11.5 Å². The van der Waals surface area contributed by atoms with Crippen LogP contribution in [0.1, 0.15) is 74.6 Å². The van der Waals surface area contributed by atoms with E-state index in [1.54, 1.807) is 12.1 Å². The molecule has 0 bridgehead atoms. The highest BCUT2D eigenvalue weighted by molar-refractivity contribution is 7.00. The van der Waals surface area contributed by atoms with Crippen molar-refractivity contribution >= 4 is 69.0 Å². The predicted molar refractivity (Wildman–Crippen MR) is 199 cm³/mol. The van der Waals surface area contributed by atoms with Crippen molar-refractivity contribution in [1.82, 2.24) is 28.1 Å². The van der Waals surface area contributed by atoms with Crippen LogP contribution in [0.25, 0.3) is 22.1 Å². The van der Waals surface area contributed by atoms with Crippen LogP contribution in [0.5, 0.6) is 11.5 Å². The van der Waals surface area contributed by atoms with Crippen LogP contribution in [0.2, 0.25) is 0 Å². The molecule has 2 N–H and O–H groups in total. The van der Waals surface area contributed by atoms with E-state index in [0.29, 0.717) is 46.3 Å². The van der Waals surface area contributed by atoms with Crippen LogP contribution in [0.15, 0.2) is 84.9 Å². The predicted octanol–water partition coefficient (Wildman–Crippen LogP) is 8.24. The second-order valence-electron chi connectivity index (χ2n) is 14.2. The van der Waals surface area contributed by atoms with Crippen LogP contribution in [0.3, 0.4) is 0 Å². The summed E-state index contributed by atoms with van der Waals surface area (Å²) in [5, 5.41) is 9.46. The fourth-order valence-corrected chi connectivity index (χ4v) is 9.30. The van der Waals surface area contributed by atoms with Gasteiger partial charge in [-0.25, -0.2) is 9.59 Å². The molecule has 6 aromatic rings. The van der Waals surface area contributed by atoms with Crippen molar-refractivity contribution in [2.24, 2.45) is 0 Å². The minimum Gasteiger partial charge on any atom is -0.487 e. The fourth-order valence-electron chi connectivity index (χ4n) is 8.21. The summed E-state index contributed by atoms with van der Waals surface area (Å²) < 4.78 is 31.2. The third kappa shape index (κ3) is 5.14. The van der Waals surface area contributed by atoms with Crippen molar-refractivity contribution in [3.63, 3.8) is 0 Å². The maximum absolute atomic E-state index is 15.2. The van der Waals surface area contributed by atoms with Crippen LogP contribution < -0.4 is 30.1 Å². The van der Waals surface area contributed by atoms with E-state index in [9.17, 15) is 0 Å². The van der Waals surface area contributed by atoms with Gasteiger partial charge in [0, 0.05) is 24.0 Å². The molecule has 4 aromatic carbocycles. The molecular formula is C38H34N8O4S2. The second-order valence-corrected chi connectivity index (χ2v) is 15.3. The number of hydrogen-bond acceptors (Lipinski definition) is 10. The van der Waals surface area contributed by atoms with Gasteiger partial charge in [0.2, 0.25) is 0 Å². The molecule has 4 heterocycles. The number of nitrogens with zero attached hydrogens (tertiary/aromatic N) is 6. The molecular weight excluding hydrogens is 697 g/mol. The summed E-state index contributed by atoms with van der Waals surface area (Å²) in [5.41, 5.74) is 4.15. The van der Waals surface area contributed by atoms with E-state index in [4.69, 9.17) is 9.47 Å². The highest BCUT2D eigenvalue weighted by Gasteiger charge is 2.48. The number of nitrogens with one attached hydrogen (secondary N) is 2. The zero-order valence-electron chi connectivity index (χ0n) is 28.0. The summed E-state index contributed by atoms with van der Waals surface area (Å²) in [6, 6.07) is 24.9. The Morgan fingerprint density at radius 3 is 1.46 bits per heavy atom. The Balaban J connectivity index is 1.10. The Morgan fingerprint density at radius 2 is 1.04 bits per heavy atom. The van der Waals surface area contributed by atoms with E-state index in [-0.39, 0.29) is 23.3 Å². The average molecular weight is 731 g/mol. The molecule has 2 atom stereocenters. The highest BCUT2D eigenvalue weighted by atomic mass is 32.1. The molecule has 262 valence electrons. The lowest BCUT2D eigenvalue weighted by Gasteiger charge is -2.48. The topological polar surface area (TPSA) is 135 Å². The molecule has 2 fully saturated rings. The summed E-state index contributed by atoms with van der Waals surface area (Å²) >= 11 is 2.11. The zero-order valence-corrected chi connectivity index (χ0v) is 29.7. The number of benzene rings is 4. The molecule has 52 heavy (non-hydrogen) atoms. The monoisotopic (exact) mass is 730 g/mol. The largest absolute Gasteiger partial charge is 0.487 e. The standard InChI is InChI=1S/C38H34N8O4S2/c47-35(39-27-21-37(17-7-18-37)49-31-15-3-1-9-23(27)31)45(29-13-5-11-25-33(29)43-51-41-25)46(30-14-6-12-26-34(30)44-52-42-26)36(48)40-28-22-38(19-8-20-38)50-32-16-4-2-10-24(28)32/h1-6,9-16,27-28H,7-8,17-22H2,(H,39,47)(H,40,48). The SMILES string of the molecule is O=C(NC1CC2(CCC2)Oc2ccccc21)N(c1cccc2nsnc12)N(C(=O)NC1CC2(CCC2)Oc2ccccc21)c1cccc2nsnc12. The van der Waals surface area contributed by atoms with Gasteiger partial charge in [-0.05, 0) is 74.9 Å². The Morgan fingerprint density at radius 1 is 0.596 bits per heavy atom. The van der Waals surface area contributed by atoms with Gasteiger partial charge in [-0.15, -0.1) is 0 Å². The third-order valence-electron chi connectivity index (χ3n) is 11.1. The Hall–Kier alpha value is -5.34. The van der Waals surface area contributed by atoms with E-state index >= 15 is 9.59 Å². The first-order valence-electron chi connectivity index (χ1n) is 17.7. The number of anilines is 2. The van der Waals surface area contributed by atoms with Crippen LogP contribution in [0.4, 0.5) is 21.0 Å². The molecule has 4 aliphatic rings. The maximum Gasteiger partial charge on any atom is 0.342 e. The third-order valence-corrected chi connectivity index (χ3v) is 12.2. The number of para-hydroxylation sites is 2. The first kappa shape index (κ1) is 31.4. The van der Waals surface area contributed by atoms with Crippen LogP contribution in [-0.4, -0.2) is 40.8 Å². The minimum atomic E-state index is -0.505. The van der Waals surface area contributed by atoms with Crippen LogP contribution >= 0.6 is 23.5 Å². The lowest BCUT2D eigenvalue weighted by molar-refractivity contribution is -0.0359. The summed E-state index contributed by atoms with van der Waals surface area (Å²) in [6.45, 7) is 0. The van der Waals surface area contributed by atoms with E-state index in [1.807, 2.05) is 72.8 Å². The number of fused-ring (bicyclic) bond motifs is 4. The van der Waals surface area contributed by atoms with Gasteiger partial charge in [0.05, 0.1) is 46.9 Å². The van der Waals surface area contributed by atoms with Gasteiger partial charge in [0.25, 0.3) is 0 Å². The van der Waals surface area contributed by atoms with Crippen LogP contribution in [0, 0.1) is 0 Å². The Kier molecular flexibility index (Phi) is 7.32. The second kappa shape index (κ2) is 12.1. The summed E-state index contributed by atoms with van der Waals surface area (Å²) in [6.07, 6.45) is 7.06. The molecule has 2 aliphatic heterocycles. The van der Waals surface area contributed by atoms with Gasteiger partial charge in [0.1, 0.15) is 44.8 Å². The molecule has 2 saturated carbocycles. The number of amides is 4. The van der Waals surface area contributed by atoms with E-state index < -0.39 is 12.1 Å². The quantitative estimate of drug-likeness (QED) is 0.173. The van der Waals surface area contributed by atoms with E-state index in [1.165, 1.54) is 10.0 Å². The van der Waals surface area contributed by atoms with Gasteiger partial charge in [-0.1, -0.05) is 48.5 Å². The van der Waals surface area contributed by atoms with Crippen molar-refractivity contribution < 1.29 is 19.1 Å². The van der Waals surface area contributed by atoms with E-state index in [0.717, 1.165) is 84.6 Å². The number of carbonyl (C=O) groups excluding carboxylic acids is 2. The Bertz CT molecular complexity index is 2190. The first-order chi connectivity index (χ1) is 25.5. The Labute approximate surface area is 307 Å². The van der Waals surface area contributed by atoms with Gasteiger partial charge < -0.3 is 20.1 Å². The minimum absolute atomic E-state index is 0.334. The maximum atomic E-state index is 15.2. The van der Waals surface area contributed by atoms with Crippen molar-refractivity contribution in [2.45, 2.75) is 74.7 Å². The summed E-state index contributed by atoms with van der Waals surface area (Å²) in [7, 11) is 0. The smallest absolute Gasteiger partial charge is 0.342 e. The number of ether oxygens (including phenoxy) is 2. The lowest BCUT2D eigenvalue weighted by Crippen LogP contribution is -2.60. The molecule has 14 heteroatoms. The summed E-state index contributed by atoms with van der Waals surface area (Å²) in [4.78, 5) is 30.4. The van der Waals surface area contributed by atoms with Gasteiger partial charge in [-0.3, -0.25) is 0 Å². The number of urea groups is 2. The van der Waals surface area contributed by atoms with E-state index in [2.05, 4.69) is 28.1 Å². The van der Waals surface area contributed by atoms with Gasteiger partial charge >= 0.3 is 12.1 Å². The lowest BCUT2D eigenvalue weighted by atomic mass is 9.73. The number of rotatable bonds is 4. The zero-order chi connectivity index (χ0) is 34.9. The molecule has 12 nitrogen and oxygen atoms in total. The highest BCUT2D eigenvalue weighted by Crippen LogP contribution is 2.50. The number of hydrogen-bond donors (Lipinski definition) is 2. The molecule has 2 spiro atoms.